The number of hydrogen-bond donors (Lipinski definition) is 1. The van der Waals surface area contributed by atoms with Crippen molar-refractivity contribution in [3.8, 4) is 11.4 Å². The van der Waals surface area contributed by atoms with Crippen LogP contribution in [0.15, 0.2) is 43.1 Å². The fourth-order valence-corrected chi connectivity index (χ4v) is 4.48. The van der Waals surface area contributed by atoms with Gasteiger partial charge in [0.05, 0.1) is 47.3 Å². The number of nitrogens with one attached hydrogen (secondary N) is 1. The van der Waals surface area contributed by atoms with E-state index in [1.54, 1.807) is 31.7 Å². The first-order valence-corrected chi connectivity index (χ1v) is 11.3. The average molecular weight is 439 g/mol. The van der Waals surface area contributed by atoms with Gasteiger partial charge in [0, 0.05) is 50.1 Å². The molecule has 0 aromatic carbocycles. The highest BCUT2D eigenvalue weighted by Gasteiger charge is 2.38. The van der Waals surface area contributed by atoms with Gasteiger partial charge in [-0.2, -0.15) is 0 Å². The lowest BCUT2D eigenvalue weighted by molar-refractivity contribution is -0.132. The van der Waals surface area contributed by atoms with Crippen molar-refractivity contribution in [2.75, 3.05) is 11.9 Å². The van der Waals surface area contributed by atoms with E-state index in [-0.39, 0.29) is 23.0 Å². The Balaban J connectivity index is 1.70. The lowest BCUT2D eigenvalue weighted by Crippen LogP contribution is -2.52. The minimum Gasteiger partial charge on any atom is -0.341 e. The van der Waals surface area contributed by atoms with Crippen LogP contribution in [0.5, 0.6) is 0 Å². The van der Waals surface area contributed by atoms with Crippen LogP contribution in [-0.2, 0) is 4.79 Å². The van der Waals surface area contributed by atoms with Crippen LogP contribution in [0, 0.1) is 6.92 Å². The highest BCUT2D eigenvalue weighted by molar-refractivity contribution is 6.59. The fourth-order valence-electron chi connectivity index (χ4n) is 4.48. The van der Waals surface area contributed by atoms with E-state index < -0.39 is 0 Å². The maximum absolute atomic E-state index is 12.5. The predicted molar refractivity (Wildman–Crippen MR) is 137 cm³/mol. The van der Waals surface area contributed by atoms with E-state index in [4.69, 9.17) is 9.97 Å². The monoisotopic (exact) mass is 439 g/mol. The number of anilines is 2. The number of likely N-dealkylation sites (tertiary alicyclic amines) is 1. The molecule has 8 nitrogen and oxygen atoms in total. The number of pyridine rings is 1. The number of hydrogen-bond acceptors (Lipinski definition) is 7. The summed E-state index contributed by atoms with van der Waals surface area (Å²) in [6, 6.07) is 4.09. The van der Waals surface area contributed by atoms with Crippen LogP contribution in [-0.4, -0.2) is 71.9 Å². The molecule has 4 rings (SSSR count). The van der Waals surface area contributed by atoms with E-state index in [9.17, 15) is 4.79 Å². The summed E-state index contributed by atoms with van der Waals surface area (Å²) in [7, 11) is 6.57. The number of rotatable bonds is 5. The van der Waals surface area contributed by atoms with Crippen LogP contribution in [0.4, 0.5) is 11.5 Å². The largest absolute Gasteiger partial charge is 0.341 e. The Hall–Kier alpha value is -3.23. The molecule has 0 saturated carbocycles. The maximum atomic E-state index is 12.5. The molecule has 4 heterocycles. The summed E-state index contributed by atoms with van der Waals surface area (Å²) in [6.07, 6.45) is 10.4. The third kappa shape index (κ3) is 5.41. The summed E-state index contributed by atoms with van der Waals surface area (Å²) in [4.78, 5) is 37.1. The zero-order valence-corrected chi connectivity index (χ0v) is 19.9. The topological polar surface area (TPSA) is 96.8 Å². The van der Waals surface area contributed by atoms with Crippen molar-refractivity contribution in [2.45, 2.75) is 43.8 Å². The summed E-state index contributed by atoms with van der Waals surface area (Å²) in [6.45, 7) is 4.25. The molecule has 0 aliphatic carbocycles. The summed E-state index contributed by atoms with van der Waals surface area (Å²) in [5, 5.41) is 3.38. The van der Waals surface area contributed by atoms with Gasteiger partial charge in [-0.25, -0.2) is 9.97 Å². The van der Waals surface area contributed by atoms with Gasteiger partial charge in [0.2, 0.25) is 5.91 Å². The van der Waals surface area contributed by atoms with Gasteiger partial charge < -0.3 is 10.2 Å². The molecule has 11 heteroatoms. The van der Waals surface area contributed by atoms with Crippen LogP contribution < -0.4 is 5.32 Å². The van der Waals surface area contributed by atoms with Crippen molar-refractivity contribution >= 4 is 41.0 Å². The van der Waals surface area contributed by atoms with Crippen molar-refractivity contribution in [1.82, 2.24) is 29.8 Å². The summed E-state index contributed by atoms with van der Waals surface area (Å²) in [5.74, 6) is 1.51. The SMILES string of the molecule is BC(B)(B)[C@H]1CC[C@@H](c2nc(Nc3cncc(C)c3)cc(-c3cnccn3)n2)CN1C(C)=O. The van der Waals surface area contributed by atoms with E-state index in [1.165, 1.54) is 0 Å². The van der Waals surface area contributed by atoms with Gasteiger partial charge in [-0.1, -0.05) is 5.11 Å². The van der Waals surface area contributed by atoms with E-state index in [0.29, 0.717) is 29.6 Å². The van der Waals surface area contributed by atoms with Crippen LogP contribution in [0.25, 0.3) is 11.4 Å². The Labute approximate surface area is 197 Å². The first kappa shape index (κ1) is 23.0. The molecule has 2 atom stereocenters. The molecule has 1 fully saturated rings. The molecule has 1 aliphatic heterocycles. The van der Waals surface area contributed by atoms with Gasteiger partial charge in [0.1, 0.15) is 17.3 Å². The fraction of sp³-hybridized carbons (Fsp3) is 0.364. The number of carbonyl (C=O) groups is 1. The van der Waals surface area contributed by atoms with Gasteiger partial charge in [-0.15, -0.1) is 0 Å². The van der Waals surface area contributed by atoms with E-state index in [0.717, 1.165) is 24.1 Å². The Kier molecular flexibility index (Phi) is 6.49. The molecule has 1 amide bonds. The molecule has 166 valence electrons. The minimum atomic E-state index is 0.0177. The first-order chi connectivity index (χ1) is 15.7. The molecule has 33 heavy (non-hydrogen) atoms. The molecule has 0 radical (unpaired) electrons. The number of amides is 1. The molecular weight excluding hydrogens is 411 g/mol. The van der Waals surface area contributed by atoms with Crippen LogP contribution >= 0.6 is 0 Å². The standard InChI is InChI=1S/C22H28B3N7O/c1-13-7-16(10-27-9-13)29-20-8-17(18-11-26-5-6-28-18)30-21(31-20)15-3-4-19(22(23,24)25)32(12-15)14(2)33/h5-11,15,19H,3-4,12,23-25H2,1-2H3,(H,29,30,31)/t15-,19-/m1/s1. The van der Waals surface area contributed by atoms with Crippen molar-refractivity contribution in [2.24, 2.45) is 0 Å². The van der Waals surface area contributed by atoms with Crippen molar-refractivity contribution < 1.29 is 4.79 Å². The molecule has 3 aromatic rings. The molecule has 1 N–H and O–H groups in total. The summed E-state index contributed by atoms with van der Waals surface area (Å²) in [5.41, 5.74) is 3.29. The predicted octanol–water partition coefficient (Wildman–Crippen LogP) is 0.448. The van der Waals surface area contributed by atoms with Gasteiger partial charge >= 0.3 is 0 Å². The molecule has 0 bridgehead atoms. The van der Waals surface area contributed by atoms with Crippen LogP contribution in [0.3, 0.4) is 0 Å². The number of aryl methyl sites for hydroxylation is 1. The summed E-state index contributed by atoms with van der Waals surface area (Å²) < 4.78 is 0. The Morgan fingerprint density at radius 3 is 2.55 bits per heavy atom. The Morgan fingerprint density at radius 1 is 1.06 bits per heavy atom. The Bertz CT molecular complexity index is 1140. The van der Waals surface area contributed by atoms with E-state index >= 15 is 0 Å². The van der Waals surface area contributed by atoms with Crippen LogP contribution in [0.2, 0.25) is 5.11 Å². The van der Waals surface area contributed by atoms with Gasteiger partial charge in [0.25, 0.3) is 0 Å². The second-order valence-corrected chi connectivity index (χ2v) is 9.79. The molecule has 0 spiro atoms. The maximum Gasteiger partial charge on any atom is 0.219 e. The Morgan fingerprint density at radius 2 is 1.88 bits per heavy atom. The smallest absolute Gasteiger partial charge is 0.219 e. The lowest BCUT2D eigenvalue weighted by Gasteiger charge is -2.45. The zero-order valence-electron chi connectivity index (χ0n) is 19.9. The molecule has 1 saturated heterocycles. The number of nitrogens with zero attached hydrogens (tertiary/aromatic N) is 6. The number of aromatic nitrogens is 5. The zero-order chi connectivity index (χ0) is 23.6. The quantitative estimate of drug-likeness (QED) is 0.577. The lowest BCUT2D eigenvalue weighted by atomic mass is 9.38. The highest BCUT2D eigenvalue weighted by Crippen LogP contribution is 2.36. The average Bonchev–Trinajstić information content (AvgIpc) is 2.78. The summed E-state index contributed by atoms with van der Waals surface area (Å²) >= 11 is 0. The van der Waals surface area contributed by atoms with Crippen molar-refractivity contribution in [1.29, 1.82) is 0 Å². The third-order valence-corrected chi connectivity index (χ3v) is 6.07. The van der Waals surface area contributed by atoms with E-state index in [2.05, 4.69) is 43.8 Å². The minimum absolute atomic E-state index is 0.0177. The first-order valence-electron chi connectivity index (χ1n) is 11.3. The normalized spacial score (nSPS) is 18.7. The second-order valence-electron chi connectivity index (χ2n) is 9.79. The van der Waals surface area contributed by atoms with Crippen molar-refractivity contribution in [3.05, 3.63) is 54.5 Å². The van der Waals surface area contributed by atoms with E-state index in [1.807, 2.05) is 30.2 Å². The van der Waals surface area contributed by atoms with Crippen LogP contribution in [0.1, 0.15) is 37.1 Å². The molecule has 1 aliphatic rings. The molecule has 0 unspecified atom stereocenters. The molecule has 3 aromatic heterocycles. The van der Waals surface area contributed by atoms with Gasteiger partial charge in [-0.05, 0) is 31.4 Å². The highest BCUT2D eigenvalue weighted by atomic mass is 16.2. The van der Waals surface area contributed by atoms with Gasteiger partial charge in [0.15, 0.2) is 0 Å². The second kappa shape index (κ2) is 9.33. The molecular formula is C22H28B3N7O. The third-order valence-electron chi connectivity index (χ3n) is 6.07. The van der Waals surface area contributed by atoms with Gasteiger partial charge in [-0.3, -0.25) is 19.7 Å². The van der Waals surface area contributed by atoms with Crippen molar-refractivity contribution in [3.63, 3.8) is 0 Å². The number of carbonyl (C=O) groups excluding carboxylic acids is 1. The number of piperidine rings is 1.